The number of hydrogen-bond donors (Lipinski definition) is 0. The molecule has 9 heteroatoms. The van der Waals surface area contributed by atoms with Crippen LogP contribution in [0.1, 0.15) is 5.56 Å². The van der Waals surface area contributed by atoms with Crippen molar-refractivity contribution in [1.29, 1.82) is 0 Å². The third kappa shape index (κ3) is 6.05. The molecular formula is C21H12F5IrN3-2. The molecule has 0 fully saturated rings. The smallest absolute Gasteiger partial charge is 0.375 e. The molecule has 0 saturated carbocycles. The Morgan fingerprint density at radius 1 is 0.900 bits per heavy atom. The third-order valence-electron chi connectivity index (χ3n) is 3.63. The first-order valence-electron chi connectivity index (χ1n) is 8.21. The summed E-state index contributed by atoms with van der Waals surface area (Å²) in [5, 5.41) is 0. The van der Waals surface area contributed by atoms with E-state index >= 15 is 0 Å². The molecule has 1 radical (unpaired) electrons. The van der Waals surface area contributed by atoms with Crippen LogP contribution in [0.2, 0.25) is 0 Å². The monoisotopic (exact) mass is 594 g/mol. The zero-order chi connectivity index (χ0) is 20.9. The number of nitrogens with zero attached hydrogens (tertiary/aromatic N) is 3. The molecule has 0 unspecified atom stereocenters. The van der Waals surface area contributed by atoms with Crippen LogP contribution in [0.3, 0.4) is 0 Å². The molecule has 0 bridgehead atoms. The summed E-state index contributed by atoms with van der Waals surface area (Å²) in [6.45, 7) is 0. The molecule has 0 aliphatic carbocycles. The molecule has 3 aromatic heterocycles. The van der Waals surface area contributed by atoms with Gasteiger partial charge in [-0.3, -0.25) is 13.8 Å². The van der Waals surface area contributed by atoms with Gasteiger partial charge in [0.05, 0.1) is 5.82 Å². The maximum atomic E-state index is 13.2. The Balaban J connectivity index is 0.000000207. The van der Waals surface area contributed by atoms with Crippen molar-refractivity contribution in [2.75, 3.05) is 0 Å². The van der Waals surface area contributed by atoms with E-state index in [2.05, 4.69) is 22.2 Å². The van der Waals surface area contributed by atoms with Gasteiger partial charge in [0.15, 0.2) is 0 Å². The van der Waals surface area contributed by atoms with Crippen molar-refractivity contribution < 1.29 is 42.1 Å². The molecule has 0 N–H and O–H groups in total. The minimum Gasteiger partial charge on any atom is -0.435 e. The van der Waals surface area contributed by atoms with Gasteiger partial charge in [-0.15, -0.1) is 24.4 Å². The number of halogens is 5. The summed E-state index contributed by atoms with van der Waals surface area (Å²) < 4.78 is 63.8. The van der Waals surface area contributed by atoms with E-state index in [0.717, 1.165) is 24.4 Å². The van der Waals surface area contributed by atoms with Gasteiger partial charge in [-0.05, 0) is 23.4 Å². The molecule has 3 nitrogen and oxygen atoms in total. The van der Waals surface area contributed by atoms with Crippen molar-refractivity contribution in [3.63, 3.8) is 0 Å². The number of hydrogen-bond acceptors (Lipinski definition) is 2. The van der Waals surface area contributed by atoms with Gasteiger partial charge >= 0.3 is 6.18 Å². The first kappa shape index (κ1) is 23.4. The maximum Gasteiger partial charge on any atom is 0.375 e. The summed E-state index contributed by atoms with van der Waals surface area (Å²) in [6.07, 6.45) is 2.14. The molecule has 3 heterocycles. The summed E-state index contributed by atoms with van der Waals surface area (Å²) in [6, 6.07) is 15.4. The van der Waals surface area contributed by atoms with Gasteiger partial charge in [0.25, 0.3) is 0 Å². The van der Waals surface area contributed by atoms with Crippen molar-refractivity contribution in [2.24, 2.45) is 0 Å². The van der Waals surface area contributed by atoms with Crippen molar-refractivity contribution in [2.45, 2.75) is 6.18 Å². The summed E-state index contributed by atoms with van der Waals surface area (Å²) >= 11 is 0. The molecule has 157 valence electrons. The molecule has 30 heavy (non-hydrogen) atoms. The van der Waals surface area contributed by atoms with Gasteiger partial charge in [-0.25, -0.2) is 0 Å². The molecule has 0 amide bonds. The van der Waals surface area contributed by atoms with Crippen LogP contribution >= 0.6 is 0 Å². The molecule has 1 aromatic carbocycles. The zero-order valence-electron chi connectivity index (χ0n) is 15.0. The quantitative estimate of drug-likeness (QED) is 0.227. The van der Waals surface area contributed by atoms with Crippen LogP contribution in [0.15, 0.2) is 73.2 Å². The minimum absolute atomic E-state index is 0. The van der Waals surface area contributed by atoms with Crippen LogP contribution in [0.4, 0.5) is 22.0 Å². The molecule has 0 saturated heterocycles. The zero-order valence-corrected chi connectivity index (χ0v) is 17.4. The first-order valence-corrected chi connectivity index (χ1v) is 8.21. The number of rotatable bonds is 2. The normalized spacial score (nSPS) is 10.6. The standard InChI is InChI=1S/C11H6F2N.C10H6F3N2.Ir/c12-8-4-5-9(10(13)7-8)11-3-1-2-6-14-11;11-10(12,13)8-4-6-15(7-8)9-3-1-2-5-14-9;/h1-4,6-7H;1-5,7H;/q2*-1;. The van der Waals surface area contributed by atoms with E-state index in [4.69, 9.17) is 0 Å². The predicted octanol–water partition coefficient (Wildman–Crippen LogP) is 5.52. The van der Waals surface area contributed by atoms with Crippen molar-refractivity contribution >= 4 is 0 Å². The summed E-state index contributed by atoms with van der Waals surface area (Å²) in [7, 11) is 0. The van der Waals surface area contributed by atoms with Gasteiger partial charge in [0.2, 0.25) is 0 Å². The van der Waals surface area contributed by atoms with E-state index in [1.165, 1.54) is 10.8 Å². The average molecular weight is 594 g/mol. The molecular weight excluding hydrogens is 581 g/mol. The number of benzene rings is 1. The van der Waals surface area contributed by atoms with Crippen molar-refractivity contribution in [3.8, 4) is 17.1 Å². The minimum atomic E-state index is -4.34. The Kier molecular flexibility index (Phi) is 7.97. The van der Waals surface area contributed by atoms with Crippen LogP contribution in [0, 0.1) is 23.9 Å². The average Bonchev–Trinajstić information content (AvgIpc) is 3.21. The van der Waals surface area contributed by atoms with E-state index in [9.17, 15) is 22.0 Å². The third-order valence-corrected chi connectivity index (χ3v) is 3.63. The van der Waals surface area contributed by atoms with Crippen LogP contribution in [0.25, 0.3) is 17.1 Å². The predicted molar refractivity (Wildman–Crippen MR) is 95.8 cm³/mol. The summed E-state index contributed by atoms with van der Waals surface area (Å²) in [5.41, 5.74) is -0.0925. The Bertz CT molecular complexity index is 1070. The van der Waals surface area contributed by atoms with Crippen molar-refractivity contribution in [3.05, 3.63) is 103 Å². The van der Waals surface area contributed by atoms with Gasteiger partial charge in [0.1, 0.15) is 0 Å². The SMILES string of the molecule is FC(F)(F)c1c[c-]n(-c2ccccn2)c1.Fc1c[c-]c(-c2ccccn2)c(F)c1.[Ir]. The van der Waals surface area contributed by atoms with Gasteiger partial charge in [0, 0.05) is 44.1 Å². The molecule has 4 aromatic rings. The summed E-state index contributed by atoms with van der Waals surface area (Å²) in [5.74, 6) is -0.876. The second-order valence-corrected chi connectivity index (χ2v) is 5.67. The van der Waals surface area contributed by atoms with Crippen LogP contribution in [-0.2, 0) is 26.3 Å². The fraction of sp³-hybridized carbons (Fsp3) is 0.0476. The molecule has 0 aliphatic heterocycles. The van der Waals surface area contributed by atoms with Crippen LogP contribution in [0.5, 0.6) is 0 Å². The fourth-order valence-corrected chi connectivity index (χ4v) is 2.29. The van der Waals surface area contributed by atoms with E-state index < -0.39 is 23.4 Å². The Labute approximate surface area is 182 Å². The largest absolute Gasteiger partial charge is 0.435 e. The molecule has 0 aliphatic rings. The number of pyridine rings is 2. The maximum absolute atomic E-state index is 13.2. The topological polar surface area (TPSA) is 30.7 Å². The Morgan fingerprint density at radius 3 is 2.13 bits per heavy atom. The van der Waals surface area contributed by atoms with Crippen LogP contribution < -0.4 is 0 Å². The van der Waals surface area contributed by atoms with Crippen LogP contribution in [-0.4, -0.2) is 14.5 Å². The van der Waals surface area contributed by atoms with Gasteiger partial charge in [-0.1, -0.05) is 42.1 Å². The first-order chi connectivity index (χ1) is 13.8. The second kappa shape index (κ2) is 10.2. The van der Waals surface area contributed by atoms with E-state index in [-0.39, 0.29) is 25.7 Å². The molecule has 4 rings (SSSR count). The Hall–Kier alpha value is -2.90. The van der Waals surface area contributed by atoms with Gasteiger partial charge < -0.3 is 9.55 Å². The number of alkyl halides is 3. The fourth-order valence-electron chi connectivity index (χ4n) is 2.29. The van der Waals surface area contributed by atoms with Crippen molar-refractivity contribution in [1.82, 2.24) is 14.5 Å². The van der Waals surface area contributed by atoms with E-state index in [0.29, 0.717) is 11.5 Å². The van der Waals surface area contributed by atoms with E-state index in [1.54, 1.807) is 42.6 Å². The van der Waals surface area contributed by atoms with E-state index in [1.807, 2.05) is 0 Å². The second-order valence-electron chi connectivity index (χ2n) is 5.67. The number of aromatic nitrogens is 3. The molecule has 0 spiro atoms. The Morgan fingerprint density at radius 2 is 1.60 bits per heavy atom. The van der Waals surface area contributed by atoms with Gasteiger partial charge in [-0.2, -0.15) is 13.2 Å². The molecule has 0 atom stereocenters. The summed E-state index contributed by atoms with van der Waals surface area (Å²) in [4.78, 5) is 7.85.